The minimum atomic E-state index is -4.93. The van der Waals surface area contributed by atoms with Crippen LogP contribution in [0.25, 0.3) is 0 Å². The second kappa shape index (κ2) is 11.7. The van der Waals surface area contributed by atoms with Crippen LogP contribution in [0.4, 0.5) is 13.2 Å². The minimum Gasteiger partial charge on any atom is -0.395 e. The summed E-state index contributed by atoms with van der Waals surface area (Å²) in [6.07, 6.45) is -4.93. The van der Waals surface area contributed by atoms with Gasteiger partial charge in [-0.15, -0.1) is 0 Å². The maximum atomic E-state index is 12.3. The molecule has 0 atom stereocenters. The van der Waals surface area contributed by atoms with Crippen LogP contribution >= 0.6 is 0 Å². The summed E-state index contributed by atoms with van der Waals surface area (Å²) < 4.78 is 41.7. The number of hydrogen-bond donors (Lipinski definition) is 2. The van der Waals surface area contributed by atoms with Gasteiger partial charge < -0.3 is 20.1 Å². The normalized spacial score (nSPS) is 11.7. The first-order valence-corrected chi connectivity index (χ1v) is 6.34. The summed E-state index contributed by atoms with van der Waals surface area (Å²) in [5.74, 6) is -1.94. The highest BCUT2D eigenvalue weighted by Crippen LogP contribution is 2.18. The Bertz CT molecular complexity index is 279. The van der Waals surface area contributed by atoms with Crippen LogP contribution in [0.5, 0.6) is 0 Å². The van der Waals surface area contributed by atoms with E-state index < -0.39 is 12.1 Å². The second-order valence-electron chi connectivity index (χ2n) is 3.90. The fourth-order valence-corrected chi connectivity index (χ4v) is 1.28. The van der Waals surface area contributed by atoms with Gasteiger partial charge >= 0.3 is 12.1 Å². The van der Waals surface area contributed by atoms with Crippen molar-refractivity contribution in [3.63, 3.8) is 0 Å². The van der Waals surface area contributed by atoms with Crippen LogP contribution in [-0.4, -0.2) is 81.8 Å². The molecule has 0 saturated carbocycles. The highest BCUT2D eigenvalue weighted by molar-refractivity contribution is 5.81. The molecule has 0 radical (unpaired) electrons. The van der Waals surface area contributed by atoms with Gasteiger partial charge in [-0.3, -0.25) is 4.79 Å². The summed E-state index contributed by atoms with van der Waals surface area (Å²) in [5.41, 5.74) is 0. The molecular weight excluding hydrogens is 297 g/mol. The molecule has 0 spiro atoms. The molecule has 0 aromatic rings. The van der Waals surface area contributed by atoms with E-state index in [-0.39, 0.29) is 39.5 Å². The van der Waals surface area contributed by atoms with Crippen molar-refractivity contribution in [2.24, 2.45) is 0 Å². The van der Waals surface area contributed by atoms with Crippen molar-refractivity contribution in [2.45, 2.75) is 6.18 Å². The Morgan fingerprint density at radius 2 is 1.76 bits per heavy atom. The van der Waals surface area contributed by atoms with Gasteiger partial charge in [-0.05, 0) is 0 Å². The molecule has 0 aromatic heterocycles. The molecule has 2 N–H and O–H groups in total. The zero-order valence-electron chi connectivity index (χ0n) is 11.8. The number of aliphatic hydroxyl groups excluding tert-OH is 1. The molecule has 0 aliphatic carbocycles. The average molecular weight is 318 g/mol. The van der Waals surface area contributed by atoms with Gasteiger partial charge in [0, 0.05) is 33.3 Å². The van der Waals surface area contributed by atoms with Crippen molar-refractivity contribution in [2.75, 3.05) is 59.7 Å². The zero-order valence-corrected chi connectivity index (χ0v) is 11.8. The summed E-state index contributed by atoms with van der Waals surface area (Å²) >= 11 is 0. The maximum Gasteiger partial charge on any atom is 0.471 e. The van der Waals surface area contributed by atoms with Crippen molar-refractivity contribution in [3.05, 3.63) is 0 Å². The van der Waals surface area contributed by atoms with Crippen LogP contribution in [0, 0.1) is 0 Å². The van der Waals surface area contributed by atoms with E-state index in [1.165, 1.54) is 7.11 Å². The monoisotopic (exact) mass is 318 g/mol. The molecule has 0 aromatic carbocycles. The van der Waals surface area contributed by atoms with Crippen molar-refractivity contribution >= 4 is 5.91 Å². The number of carbonyl (C=O) groups is 1. The Morgan fingerprint density at radius 1 is 1.14 bits per heavy atom. The highest BCUT2D eigenvalue weighted by Gasteiger charge is 2.42. The summed E-state index contributed by atoms with van der Waals surface area (Å²) in [7, 11) is 1.33. The smallest absolute Gasteiger partial charge is 0.395 e. The van der Waals surface area contributed by atoms with Gasteiger partial charge in [0.25, 0.3) is 0 Å². The van der Waals surface area contributed by atoms with Crippen LogP contribution in [-0.2, 0) is 19.3 Å². The molecule has 10 heteroatoms. The van der Waals surface area contributed by atoms with Crippen LogP contribution in [0.1, 0.15) is 0 Å². The Labute approximate surface area is 120 Å². The van der Waals surface area contributed by atoms with E-state index in [0.29, 0.717) is 18.0 Å². The van der Waals surface area contributed by atoms with Crippen LogP contribution in [0.2, 0.25) is 0 Å². The first-order valence-electron chi connectivity index (χ1n) is 6.34. The number of ether oxygens (including phenoxy) is 1. The predicted molar refractivity (Wildman–Crippen MR) is 66.4 cm³/mol. The highest BCUT2D eigenvalue weighted by atomic mass is 19.4. The summed E-state index contributed by atoms with van der Waals surface area (Å²) in [4.78, 5) is 21.1. The largest absolute Gasteiger partial charge is 0.471 e. The number of nitrogens with one attached hydrogen (secondary N) is 1. The molecule has 0 saturated heterocycles. The quantitative estimate of drug-likeness (QED) is 0.288. The number of alkyl halides is 3. The molecule has 0 aliphatic heterocycles. The Kier molecular flexibility index (Phi) is 11.2. The van der Waals surface area contributed by atoms with Crippen LogP contribution < -0.4 is 5.32 Å². The van der Waals surface area contributed by atoms with E-state index in [4.69, 9.17) is 9.99 Å². The second-order valence-corrected chi connectivity index (χ2v) is 3.90. The van der Waals surface area contributed by atoms with Gasteiger partial charge in [-0.1, -0.05) is 0 Å². The lowest BCUT2D eigenvalue weighted by Gasteiger charge is -2.22. The lowest BCUT2D eigenvalue weighted by atomic mass is 10.4. The van der Waals surface area contributed by atoms with E-state index in [1.807, 2.05) is 0 Å². The molecule has 1 amide bonds. The third-order valence-corrected chi connectivity index (χ3v) is 2.27. The molecule has 7 nitrogen and oxygen atoms in total. The predicted octanol–water partition coefficient (Wildman–Crippen LogP) is -0.446. The molecular formula is C11H21F3N2O5. The van der Waals surface area contributed by atoms with Gasteiger partial charge in [0.2, 0.25) is 0 Å². The molecule has 0 rings (SSSR count). The van der Waals surface area contributed by atoms with E-state index >= 15 is 0 Å². The first kappa shape index (κ1) is 20.1. The van der Waals surface area contributed by atoms with Gasteiger partial charge in [0.15, 0.2) is 0 Å². The Morgan fingerprint density at radius 3 is 2.33 bits per heavy atom. The number of nitrogens with zero attached hydrogens (tertiary/aromatic N) is 1. The standard InChI is InChI=1S/C11H21F3N2O5/c1-19-8-4-16(10(18)11(12,13)14)5-9-21-20-7-3-15-2-6-17/h15,17H,2-9H2,1H3. The summed E-state index contributed by atoms with van der Waals surface area (Å²) in [6.45, 7) is 0.366. The van der Waals surface area contributed by atoms with Gasteiger partial charge in [-0.25, -0.2) is 9.78 Å². The number of halogens is 3. The average Bonchev–Trinajstić information content (AvgIpc) is 2.43. The summed E-state index contributed by atoms with van der Waals surface area (Å²) in [6, 6.07) is 0. The lowest BCUT2D eigenvalue weighted by Crippen LogP contribution is -2.44. The molecule has 0 fully saturated rings. The molecule has 21 heavy (non-hydrogen) atoms. The number of amides is 1. The number of carbonyl (C=O) groups excluding carboxylic acids is 1. The first-order chi connectivity index (χ1) is 9.93. The van der Waals surface area contributed by atoms with Gasteiger partial charge in [-0.2, -0.15) is 13.2 Å². The van der Waals surface area contributed by atoms with Crippen LogP contribution in [0.3, 0.4) is 0 Å². The maximum absolute atomic E-state index is 12.3. The molecule has 0 heterocycles. The third-order valence-electron chi connectivity index (χ3n) is 2.27. The molecule has 126 valence electrons. The number of rotatable bonds is 12. The van der Waals surface area contributed by atoms with E-state index in [0.717, 1.165) is 0 Å². The number of methoxy groups -OCH3 is 1. The fourth-order valence-electron chi connectivity index (χ4n) is 1.28. The summed E-state index contributed by atoms with van der Waals surface area (Å²) in [5, 5.41) is 11.3. The van der Waals surface area contributed by atoms with Crippen molar-refractivity contribution in [3.8, 4) is 0 Å². The van der Waals surface area contributed by atoms with E-state index in [9.17, 15) is 18.0 Å². The molecule has 0 aliphatic rings. The van der Waals surface area contributed by atoms with Crippen LogP contribution in [0.15, 0.2) is 0 Å². The third kappa shape index (κ3) is 10.4. The SMILES string of the molecule is COCCN(CCOOCCNCCO)C(=O)C(F)(F)F. The topological polar surface area (TPSA) is 80.3 Å². The number of aliphatic hydroxyl groups is 1. The zero-order chi connectivity index (χ0) is 16.1. The van der Waals surface area contributed by atoms with Crippen molar-refractivity contribution < 1.29 is 37.6 Å². The number of hydrogen-bond acceptors (Lipinski definition) is 6. The Hall–Kier alpha value is -0.940. The van der Waals surface area contributed by atoms with Crippen molar-refractivity contribution in [1.29, 1.82) is 0 Å². The Balaban J connectivity index is 3.89. The van der Waals surface area contributed by atoms with E-state index in [2.05, 4.69) is 14.9 Å². The molecule has 0 unspecified atom stereocenters. The lowest BCUT2D eigenvalue weighted by molar-refractivity contribution is -0.294. The molecule has 0 bridgehead atoms. The fraction of sp³-hybridized carbons (Fsp3) is 0.909. The minimum absolute atomic E-state index is 0.00509. The van der Waals surface area contributed by atoms with Crippen molar-refractivity contribution in [1.82, 2.24) is 10.2 Å². The van der Waals surface area contributed by atoms with Gasteiger partial charge in [0.05, 0.1) is 26.4 Å². The van der Waals surface area contributed by atoms with E-state index in [1.54, 1.807) is 0 Å². The van der Waals surface area contributed by atoms with Gasteiger partial charge in [0.1, 0.15) is 0 Å².